The summed E-state index contributed by atoms with van der Waals surface area (Å²) in [5, 5.41) is 2.89. The number of carbonyl (C=O) groups is 1. The van der Waals surface area contributed by atoms with Crippen molar-refractivity contribution < 1.29 is 9.53 Å². The highest BCUT2D eigenvalue weighted by atomic mass is 35.5. The van der Waals surface area contributed by atoms with E-state index in [1.54, 1.807) is 14.0 Å². The van der Waals surface area contributed by atoms with E-state index in [0.717, 1.165) is 24.2 Å². The molecule has 0 spiro atoms. The molecule has 0 aromatic heterocycles. The van der Waals surface area contributed by atoms with E-state index < -0.39 is 5.54 Å². The number of carbonyl (C=O) groups excluding carboxylic acids is 1. The minimum Gasteiger partial charge on any atom is -0.496 e. The lowest BCUT2D eigenvalue weighted by atomic mass is 9.96. The molecule has 1 unspecified atom stereocenters. The van der Waals surface area contributed by atoms with Gasteiger partial charge in [-0.25, -0.2) is 0 Å². The lowest BCUT2D eigenvalue weighted by Crippen LogP contribution is -2.51. The van der Waals surface area contributed by atoms with Crippen LogP contribution in [0.1, 0.15) is 32.3 Å². The van der Waals surface area contributed by atoms with E-state index in [1.165, 1.54) is 0 Å². The fraction of sp³-hybridized carbons (Fsp3) is 0.533. The van der Waals surface area contributed by atoms with Crippen molar-refractivity contribution in [2.45, 2.75) is 38.6 Å². The molecule has 5 heteroatoms. The minimum absolute atomic E-state index is 0. The average molecular weight is 301 g/mol. The van der Waals surface area contributed by atoms with E-state index in [2.05, 4.69) is 5.32 Å². The number of halogens is 1. The molecule has 0 heterocycles. The van der Waals surface area contributed by atoms with Crippen LogP contribution < -0.4 is 15.8 Å². The van der Waals surface area contributed by atoms with E-state index in [9.17, 15) is 4.79 Å². The van der Waals surface area contributed by atoms with Gasteiger partial charge in [-0.3, -0.25) is 4.79 Å². The summed E-state index contributed by atoms with van der Waals surface area (Å²) < 4.78 is 5.27. The van der Waals surface area contributed by atoms with Crippen molar-refractivity contribution in [1.82, 2.24) is 5.32 Å². The topological polar surface area (TPSA) is 64.4 Å². The molecule has 0 radical (unpaired) electrons. The van der Waals surface area contributed by atoms with Gasteiger partial charge < -0.3 is 15.8 Å². The standard InChI is InChI=1S/C15H24N2O2.ClH/c1-4-10-15(2,16)14(18)17-11-9-12-7-5-6-8-13(12)19-3;/h5-8H,4,9-11,16H2,1-3H3,(H,17,18);1H. The quantitative estimate of drug-likeness (QED) is 0.812. The number of amides is 1. The Bertz CT molecular complexity index is 422. The first kappa shape index (κ1) is 18.7. The molecule has 114 valence electrons. The van der Waals surface area contributed by atoms with Crippen molar-refractivity contribution in [2.75, 3.05) is 13.7 Å². The summed E-state index contributed by atoms with van der Waals surface area (Å²) in [5.74, 6) is 0.755. The fourth-order valence-corrected chi connectivity index (χ4v) is 2.05. The number of nitrogens with one attached hydrogen (secondary N) is 1. The first-order chi connectivity index (χ1) is 9.01. The summed E-state index contributed by atoms with van der Waals surface area (Å²) in [5.41, 5.74) is 6.27. The molecule has 0 saturated heterocycles. The van der Waals surface area contributed by atoms with Gasteiger partial charge in [-0.2, -0.15) is 0 Å². The normalized spacial score (nSPS) is 13.0. The molecule has 1 atom stereocenters. The van der Waals surface area contributed by atoms with Crippen LogP contribution in [0.2, 0.25) is 0 Å². The van der Waals surface area contributed by atoms with Gasteiger partial charge in [0.2, 0.25) is 5.91 Å². The molecule has 0 bridgehead atoms. The predicted octanol–water partition coefficient (Wildman–Crippen LogP) is 2.29. The molecule has 4 nitrogen and oxygen atoms in total. The van der Waals surface area contributed by atoms with Gasteiger partial charge in [-0.05, 0) is 31.4 Å². The Morgan fingerprint density at radius 3 is 2.65 bits per heavy atom. The van der Waals surface area contributed by atoms with Crippen LogP contribution in [0.25, 0.3) is 0 Å². The molecule has 20 heavy (non-hydrogen) atoms. The van der Waals surface area contributed by atoms with Gasteiger partial charge in [0, 0.05) is 6.54 Å². The van der Waals surface area contributed by atoms with Gasteiger partial charge in [0.1, 0.15) is 5.75 Å². The number of nitrogens with two attached hydrogens (primary N) is 1. The van der Waals surface area contributed by atoms with Crippen LogP contribution in [0.15, 0.2) is 24.3 Å². The van der Waals surface area contributed by atoms with Crippen molar-refractivity contribution >= 4 is 18.3 Å². The average Bonchev–Trinajstić information content (AvgIpc) is 2.39. The summed E-state index contributed by atoms with van der Waals surface area (Å²) in [6, 6.07) is 7.81. The van der Waals surface area contributed by atoms with Crippen LogP contribution >= 0.6 is 12.4 Å². The van der Waals surface area contributed by atoms with E-state index in [-0.39, 0.29) is 18.3 Å². The number of rotatable bonds is 7. The number of hydrogen-bond donors (Lipinski definition) is 2. The summed E-state index contributed by atoms with van der Waals surface area (Å²) in [7, 11) is 1.65. The van der Waals surface area contributed by atoms with E-state index in [1.807, 2.05) is 31.2 Å². The van der Waals surface area contributed by atoms with Crippen LogP contribution in [-0.2, 0) is 11.2 Å². The summed E-state index contributed by atoms with van der Waals surface area (Å²) >= 11 is 0. The lowest BCUT2D eigenvalue weighted by Gasteiger charge is -2.22. The second-order valence-electron chi connectivity index (χ2n) is 4.99. The van der Waals surface area contributed by atoms with E-state index >= 15 is 0 Å². The third kappa shape index (κ3) is 5.39. The summed E-state index contributed by atoms with van der Waals surface area (Å²) in [4.78, 5) is 11.9. The Kier molecular flexibility index (Phi) is 8.26. The Balaban J connectivity index is 0.00000361. The molecule has 0 fully saturated rings. The SMILES string of the molecule is CCCC(C)(N)C(=O)NCCc1ccccc1OC.Cl. The van der Waals surface area contributed by atoms with Crippen LogP contribution in [0.5, 0.6) is 5.75 Å². The van der Waals surface area contributed by atoms with Crippen molar-refractivity contribution in [3.8, 4) is 5.75 Å². The lowest BCUT2D eigenvalue weighted by molar-refractivity contribution is -0.126. The van der Waals surface area contributed by atoms with Crippen LogP contribution in [0.4, 0.5) is 0 Å². The zero-order valence-corrected chi connectivity index (χ0v) is 13.3. The van der Waals surface area contributed by atoms with Gasteiger partial charge in [-0.1, -0.05) is 31.5 Å². The van der Waals surface area contributed by atoms with Gasteiger partial charge >= 0.3 is 0 Å². The first-order valence-corrected chi connectivity index (χ1v) is 6.70. The zero-order chi connectivity index (χ0) is 14.3. The highest BCUT2D eigenvalue weighted by Gasteiger charge is 2.26. The molecule has 0 aliphatic rings. The largest absolute Gasteiger partial charge is 0.496 e. The highest BCUT2D eigenvalue weighted by molar-refractivity contribution is 5.85. The fourth-order valence-electron chi connectivity index (χ4n) is 2.05. The maximum atomic E-state index is 11.9. The maximum absolute atomic E-state index is 11.9. The van der Waals surface area contributed by atoms with Crippen molar-refractivity contribution in [3.05, 3.63) is 29.8 Å². The van der Waals surface area contributed by atoms with Crippen LogP contribution in [0.3, 0.4) is 0 Å². The third-order valence-electron chi connectivity index (χ3n) is 3.16. The van der Waals surface area contributed by atoms with E-state index in [0.29, 0.717) is 13.0 Å². The minimum atomic E-state index is -0.782. The Hall–Kier alpha value is -1.26. The predicted molar refractivity (Wildman–Crippen MR) is 84.5 cm³/mol. The van der Waals surface area contributed by atoms with Crippen molar-refractivity contribution in [1.29, 1.82) is 0 Å². The molecular weight excluding hydrogens is 276 g/mol. The molecule has 1 rings (SSSR count). The monoisotopic (exact) mass is 300 g/mol. The highest BCUT2D eigenvalue weighted by Crippen LogP contribution is 2.17. The summed E-state index contributed by atoms with van der Waals surface area (Å²) in [6.07, 6.45) is 2.32. The number of para-hydroxylation sites is 1. The van der Waals surface area contributed by atoms with E-state index in [4.69, 9.17) is 10.5 Å². The van der Waals surface area contributed by atoms with Crippen molar-refractivity contribution in [3.63, 3.8) is 0 Å². The Morgan fingerprint density at radius 1 is 1.40 bits per heavy atom. The summed E-state index contributed by atoms with van der Waals surface area (Å²) in [6.45, 7) is 4.36. The van der Waals surface area contributed by atoms with Gasteiger partial charge in [-0.15, -0.1) is 12.4 Å². The van der Waals surface area contributed by atoms with Crippen LogP contribution in [0, 0.1) is 0 Å². The smallest absolute Gasteiger partial charge is 0.239 e. The third-order valence-corrected chi connectivity index (χ3v) is 3.16. The number of benzene rings is 1. The van der Waals surface area contributed by atoms with Crippen LogP contribution in [-0.4, -0.2) is 25.1 Å². The molecular formula is C15H25ClN2O2. The van der Waals surface area contributed by atoms with Gasteiger partial charge in [0.15, 0.2) is 0 Å². The molecule has 3 N–H and O–H groups in total. The number of methoxy groups -OCH3 is 1. The first-order valence-electron chi connectivity index (χ1n) is 6.70. The molecule has 0 aliphatic heterocycles. The molecule has 1 amide bonds. The zero-order valence-electron chi connectivity index (χ0n) is 12.4. The van der Waals surface area contributed by atoms with Gasteiger partial charge in [0.05, 0.1) is 12.6 Å². The second kappa shape index (κ2) is 8.82. The Labute approximate surface area is 127 Å². The molecule has 1 aromatic rings. The Morgan fingerprint density at radius 2 is 2.05 bits per heavy atom. The van der Waals surface area contributed by atoms with Gasteiger partial charge in [0.25, 0.3) is 0 Å². The molecule has 1 aromatic carbocycles. The second-order valence-corrected chi connectivity index (χ2v) is 4.99. The molecule has 0 aliphatic carbocycles. The number of ether oxygens (including phenoxy) is 1. The number of hydrogen-bond acceptors (Lipinski definition) is 3. The van der Waals surface area contributed by atoms with Crippen molar-refractivity contribution in [2.24, 2.45) is 5.73 Å². The molecule has 0 saturated carbocycles. The maximum Gasteiger partial charge on any atom is 0.239 e.